The van der Waals surface area contributed by atoms with E-state index in [1.54, 1.807) is 24.3 Å². The van der Waals surface area contributed by atoms with Gasteiger partial charge in [0.1, 0.15) is 18.4 Å². The minimum atomic E-state index is -4.46. The molecule has 126 valence electrons. The lowest BCUT2D eigenvalue weighted by molar-refractivity contribution is -0.137. The van der Waals surface area contributed by atoms with Crippen molar-refractivity contribution in [3.05, 3.63) is 59.4 Å². The molecule has 0 aliphatic carbocycles. The molecule has 3 aromatic rings. The standard InChI is InChI=1S/C16H10F3N5O/c17-16(18,19)12-4-5-21-14(7-12)25-9-10-2-1-3-11(6-10)15-13(8-20)22-24-23-15/h1-7H,9H2,(H,22,23,24). The largest absolute Gasteiger partial charge is 0.473 e. The highest BCUT2D eigenvalue weighted by Crippen LogP contribution is 2.30. The van der Waals surface area contributed by atoms with Crippen LogP contribution in [0.5, 0.6) is 5.88 Å². The summed E-state index contributed by atoms with van der Waals surface area (Å²) in [4.78, 5) is 3.78. The Kier molecular flexibility index (Phi) is 4.35. The van der Waals surface area contributed by atoms with Gasteiger partial charge < -0.3 is 4.74 Å². The number of hydrogen-bond donors (Lipinski definition) is 1. The van der Waals surface area contributed by atoms with E-state index in [0.717, 1.165) is 18.3 Å². The molecular weight excluding hydrogens is 335 g/mol. The van der Waals surface area contributed by atoms with E-state index in [4.69, 9.17) is 10.00 Å². The number of nitrogens with zero attached hydrogens (tertiary/aromatic N) is 4. The maximum atomic E-state index is 12.7. The summed E-state index contributed by atoms with van der Waals surface area (Å²) in [7, 11) is 0. The van der Waals surface area contributed by atoms with Gasteiger partial charge in [-0.3, -0.25) is 5.10 Å². The maximum Gasteiger partial charge on any atom is 0.416 e. The Labute approximate surface area is 139 Å². The Hall–Kier alpha value is -3.41. The number of halogens is 3. The number of rotatable bonds is 4. The second kappa shape index (κ2) is 6.60. The van der Waals surface area contributed by atoms with E-state index in [2.05, 4.69) is 20.4 Å². The molecule has 0 bridgehead atoms. The summed E-state index contributed by atoms with van der Waals surface area (Å²) < 4.78 is 43.4. The van der Waals surface area contributed by atoms with Crippen LogP contribution in [0.3, 0.4) is 0 Å². The van der Waals surface area contributed by atoms with Crippen LogP contribution in [-0.2, 0) is 12.8 Å². The first-order valence-electron chi connectivity index (χ1n) is 7.04. The summed E-state index contributed by atoms with van der Waals surface area (Å²) in [6.45, 7) is 0.0194. The van der Waals surface area contributed by atoms with Crippen LogP contribution in [0.25, 0.3) is 11.3 Å². The highest BCUT2D eigenvalue weighted by atomic mass is 19.4. The van der Waals surface area contributed by atoms with Crippen LogP contribution in [0.1, 0.15) is 16.8 Å². The first-order valence-corrected chi connectivity index (χ1v) is 7.04. The molecule has 0 saturated carbocycles. The van der Waals surface area contributed by atoms with Gasteiger partial charge in [0, 0.05) is 17.8 Å². The van der Waals surface area contributed by atoms with Gasteiger partial charge >= 0.3 is 6.18 Å². The zero-order valence-electron chi connectivity index (χ0n) is 12.6. The van der Waals surface area contributed by atoms with Gasteiger partial charge in [0.2, 0.25) is 5.88 Å². The molecule has 0 fully saturated rings. The van der Waals surface area contributed by atoms with Crippen molar-refractivity contribution in [1.29, 1.82) is 5.26 Å². The fourth-order valence-corrected chi connectivity index (χ4v) is 2.15. The third kappa shape index (κ3) is 3.74. The third-order valence-electron chi connectivity index (χ3n) is 3.32. The van der Waals surface area contributed by atoms with Gasteiger partial charge in [0.05, 0.1) is 5.56 Å². The highest BCUT2D eigenvalue weighted by Gasteiger charge is 2.30. The topological polar surface area (TPSA) is 87.5 Å². The second-order valence-electron chi connectivity index (χ2n) is 5.02. The molecule has 0 amide bonds. The number of nitrogens with one attached hydrogen (secondary N) is 1. The van der Waals surface area contributed by atoms with Crippen LogP contribution in [0.4, 0.5) is 13.2 Å². The van der Waals surface area contributed by atoms with E-state index < -0.39 is 11.7 Å². The first-order chi connectivity index (χ1) is 12.0. The zero-order valence-corrected chi connectivity index (χ0v) is 12.6. The number of hydrogen-bond acceptors (Lipinski definition) is 5. The molecule has 0 aliphatic heterocycles. The van der Waals surface area contributed by atoms with Crippen LogP contribution in [0.2, 0.25) is 0 Å². The second-order valence-corrected chi connectivity index (χ2v) is 5.02. The van der Waals surface area contributed by atoms with Crippen LogP contribution in [0, 0.1) is 11.3 Å². The van der Waals surface area contributed by atoms with Crippen LogP contribution >= 0.6 is 0 Å². The number of nitriles is 1. The molecule has 2 aromatic heterocycles. The molecule has 0 atom stereocenters. The summed E-state index contributed by atoms with van der Waals surface area (Å²) in [5, 5.41) is 18.9. The van der Waals surface area contributed by atoms with Crippen molar-refractivity contribution in [2.45, 2.75) is 12.8 Å². The summed E-state index contributed by atoms with van der Waals surface area (Å²) >= 11 is 0. The summed E-state index contributed by atoms with van der Waals surface area (Å²) in [6, 6.07) is 10.6. The Morgan fingerprint density at radius 3 is 2.80 bits per heavy atom. The average Bonchev–Trinajstić information content (AvgIpc) is 3.08. The molecule has 0 spiro atoms. The van der Waals surface area contributed by atoms with Crippen molar-refractivity contribution < 1.29 is 17.9 Å². The van der Waals surface area contributed by atoms with Crippen molar-refractivity contribution in [3.63, 3.8) is 0 Å². The van der Waals surface area contributed by atoms with Gasteiger partial charge in [-0.2, -0.15) is 18.4 Å². The average molecular weight is 345 g/mol. The molecule has 0 radical (unpaired) electrons. The zero-order chi connectivity index (χ0) is 17.9. The van der Waals surface area contributed by atoms with Crippen LogP contribution < -0.4 is 4.74 Å². The predicted octanol–water partition coefficient (Wildman–Crippen LogP) is 3.34. The SMILES string of the molecule is N#Cc1nn[nH]c1-c1cccc(COc2cc(C(F)(F)F)ccn2)c1. The van der Waals surface area contributed by atoms with Gasteiger partial charge in [0.15, 0.2) is 5.69 Å². The molecule has 2 heterocycles. The van der Waals surface area contributed by atoms with E-state index in [0.29, 0.717) is 16.8 Å². The lowest BCUT2D eigenvalue weighted by Gasteiger charge is -2.10. The van der Waals surface area contributed by atoms with Crippen LogP contribution in [-0.4, -0.2) is 20.4 Å². The van der Waals surface area contributed by atoms with Crippen molar-refractivity contribution in [3.8, 4) is 23.2 Å². The highest BCUT2D eigenvalue weighted by molar-refractivity contribution is 5.64. The quantitative estimate of drug-likeness (QED) is 0.783. The number of pyridine rings is 1. The Morgan fingerprint density at radius 1 is 1.20 bits per heavy atom. The lowest BCUT2D eigenvalue weighted by Crippen LogP contribution is -2.06. The molecule has 0 aliphatic rings. The third-order valence-corrected chi connectivity index (χ3v) is 3.32. The summed E-state index contributed by atoms with van der Waals surface area (Å²) in [6.07, 6.45) is -3.41. The molecule has 0 unspecified atom stereocenters. The number of benzene rings is 1. The van der Waals surface area contributed by atoms with E-state index in [1.165, 1.54) is 0 Å². The van der Waals surface area contributed by atoms with Crippen molar-refractivity contribution in [2.24, 2.45) is 0 Å². The minimum absolute atomic E-state index is 0.0194. The normalized spacial score (nSPS) is 11.1. The van der Waals surface area contributed by atoms with Crippen LogP contribution in [0.15, 0.2) is 42.6 Å². The van der Waals surface area contributed by atoms with Gasteiger partial charge in [-0.05, 0) is 17.7 Å². The van der Waals surface area contributed by atoms with E-state index in [1.807, 2.05) is 6.07 Å². The summed E-state index contributed by atoms with van der Waals surface area (Å²) in [5.74, 6) is -0.124. The van der Waals surface area contributed by atoms with Crippen molar-refractivity contribution in [2.75, 3.05) is 0 Å². The lowest BCUT2D eigenvalue weighted by atomic mass is 10.1. The van der Waals surface area contributed by atoms with Gasteiger partial charge in [0.25, 0.3) is 0 Å². The monoisotopic (exact) mass is 345 g/mol. The smallest absolute Gasteiger partial charge is 0.416 e. The number of ether oxygens (including phenoxy) is 1. The molecule has 1 aromatic carbocycles. The van der Waals surface area contributed by atoms with E-state index in [-0.39, 0.29) is 18.2 Å². The Bertz CT molecular complexity index is 930. The number of H-pyrrole nitrogens is 1. The molecule has 0 saturated heterocycles. The molecule has 1 N–H and O–H groups in total. The molecule has 25 heavy (non-hydrogen) atoms. The Morgan fingerprint density at radius 2 is 2.04 bits per heavy atom. The molecule has 6 nitrogen and oxygen atoms in total. The van der Waals surface area contributed by atoms with Gasteiger partial charge in [-0.15, -0.1) is 5.10 Å². The van der Waals surface area contributed by atoms with Gasteiger partial charge in [-0.25, -0.2) is 4.98 Å². The van der Waals surface area contributed by atoms with Crippen molar-refractivity contribution in [1.82, 2.24) is 20.4 Å². The number of aromatic nitrogens is 4. The fraction of sp³-hybridized carbons (Fsp3) is 0.125. The van der Waals surface area contributed by atoms with Crippen molar-refractivity contribution >= 4 is 0 Å². The Balaban J connectivity index is 1.77. The molecule has 9 heteroatoms. The molecule has 3 rings (SSSR count). The summed E-state index contributed by atoms with van der Waals surface area (Å²) in [5.41, 5.74) is 1.14. The minimum Gasteiger partial charge on any atom is -0.473 e. The first kappa shape index (κ1) is 16.4. The molecular formula is C16H10F3N5O. The predicted molar refractivity (Wildman–Crippen MR) is 80.1 cm³/mol. The fourth-order valence-electron chi connectivity index (χ4n) is 2.15. The van der Waals surface area contributed by atoms with E-state index >= 15 is 0 Å². The number of aromatic amines is 1. The number of alkyl halides is 3. The van der Waals surface area contributed by atoms with Gasteiger partial charge in [-0.1, -0.05) is 23.4 Å². The maximum absolute atomic E-state index is 12.7. The van der Waals surface area contributed by atoms with E-state index in [9.17, 15) is 13.2 Å².